The summed E-state index contributed by atoms with van der Waals surface area (Å²) in [5.41, 5.74) is -1.32. The Bertz CT molecular complexity index is 1320. The summed E-state index contributed by atoms with van der Waals surface area (Å²) in [6, 6.07) is 10.0. The van der Waals surface area contributed by atoms with Crippen LogP contribution in [0.15, 0.2) is 30.3 Å². The number of aliphatic hydroxyl groups excluding tert-OH is 8. The zero-order chi connectivity index (χ0) is 49.1. The van der Waals surface area contributed by atoms with Gasteiger partial charge in [0.2, 0.25) is 27.1 Å². The molecule has 1 rings (SSSR count). The van der Waals surface area contributed by atoms with Gasteiger partial charge in [0, 0.05) is 26.4 Å². The van der Waals surface area contributed by atoms with Gasteiger partial charge in [0.25, 0.3) is 0 Å². The van der Waals surface area contributed by atoms with Crippen LogP contribution < -0.4 is 5.19 Å². The Morgan fingerprint density at radius 1 is 0.569 bits per heavy atom. The molecule has 0 fully saturated rings. The minimum absolute atomic E-state index is 0.0429. The highest BCUT2D eigenvalue weighted by atomic mass is 28.4. The molecule has 0 saturated carbocycles. The maximum Gasteiger partial charge on any atom is 0.359 e. The molecule has 0 aromatic heterocycles. The van der Waals surface area contributed by atoms with Crippen LogP contribution in [0.3, 0.4) is 0 Å². The molecular weight excluding hydrogens is 949 g/mol. The predicted octanol–water partition coefficient (Wildman–Crippen LogP) is -0.869. The van der Waals surface area contributed by atoms with E-state index in [4.69, 9.17) is 45.9 Å². The summed E-state index contributed by atoms with van der Waals surface area (Å²) >= 11 is 0. The third kappa shape index (κ3) is 26.0. The molecule has 9 N–H and O–H groups in total. The Labute approximate surface area is 397 Å². The Morgan fingerprint density at radius 2 is 0.969 bits per heavy atom. The van der Waals surface area contributed by atoms with Gasteiger partial charge in [-0.2, -0.15) is 0 Å². The zero-order valence-electron chi connectivity index (χ0n) is 40.7. The maximum absolute atomic E-state index is 10.9. The molecule has 13 unspecified atom stereocenters. The molecular formula is C41H88O18Si6. The fraction of sp³-hybridized carbons (Fsp3) is 0.854. The van der Waals surface area contributed by atoms with Crippen molar-refractivity contribution in [3.63, 3.8) is 0 Å². The van der Waals surface area contributed by atoms with Crippen LogP contribution in [0.4, 0.5) is 0 Å². The Hall–Kier alpha value is -0.199. The van der Waals surface area contributed by atoms with E-state index in [1.54, 1.807) is 6.55 Å². The SMILES string of the molecule is CCCC(CCOCC(O)CO)(O[Si](C)(O[Si](C)(C)C)c1ccccc1)[SiH](C)OC(CCOCC(O)CO)[SiH](C)OC(CCOCC(O)CO)[SiH](C)OC(CCOCC(O)CO)[SiH](C)O. The first-order valence-electron chi connectivity index (χ1n) is 23.3. The minimum Gasteiger partial charge on any atom is -0.433 e. The second-order valence-corrected chi connectivity index (χ2v) is 35.4. The van der Waals surface area contributed by atoms with Gasteiger partial charge in [-0.1, -0.05) is 43.7 Å². The fourth-order valence-electron chi connectivity index (χ4n) is 7.29. The van der Waals surface area contributed by atoms with Gasteiger partial charge < -0.3 is 86.4 Å². The molecule has 0 amide bonds. The molecule has 0 heterocycles. The highest BCUT2D eigenvalue weighted by Gasteiger charge is 2.50. The minimum atomic E-state index is -3.16. The lowest BCUT2D eigenvalue weighted by atomic mass is 10.1. The monoisotopic (exact) mass is 1040 g/mol. The summed E-state index contributed by atoms with van der Waals surface area (Å²) in [6.45, 7) is 17.5. The second kappa shape index (κ2) is 34.2. The Morgan fingerprint density at radius 3 is 1.37 bits per heavy atom. The van der Waals surface area contributed by atoms with Gasteiger partial charge in [0.1, 0.15) is 24.4 Å². The first-order chi connectivity index (χ1) is 30.7. The molecule has 0 bridgehead atoms. The summed E-state index contributed by atoms with van der Waals surface area (Å²) in [7, 11) is -14.9. The van der Waals surface area contributed by atoms with Crippen molar-refractivity contribution < 1.29 is 86.4 Å². The average molecular weight is 1040 g/mol. The third-order valence-corrected chi connectivity index (χ3v) is 27.2. The van der Waals surface area contributed by atoms with E-state index in [0.717, 1.165) is 11.6 Å². The van der Waals surface area contributed by atoms with E-state index in [0.29, 0.717) is 32.1 Å². The molecule has 24 heteroatoms. The van der Waals surface area contributed by atoms with E-state index in [-0.39, 0.29) is 52.9 Å². The van der Waals surface area contributed by atoms with Crippen LogP contribution in [0, 0.1) is 0 Å². The van der Waals surface area contributed by atoms with Crippen LogP contribution >= 0.6 is 0 Å². The Kier molecular flexibility index (Phi) is 33.0. The molecule has 18 nitrogen and oxygen atoms in total. The van der Waals surface area contributed by atoms with Crippen molar-refractivity contribution in [2.45, 2.75) is 145 Å². The number of hydrogen-bond donors (Lipinski definition) is 9. The van der Waals surface area contributed by atoms with Gasteiger partial charge in [0.05, 0.1) is 75.3 Å². The number of ether oxygens (including phenoxy) is 4. The number of rotatable bonds is 41. The van der Waals surface area contributed by atoms with Crippen molar-refractivity contribution in [1.82, 2.24) is 0 Å². The average Bonchev–Trinajstić information content (AvgIpc) is 3.26. The smallest absolute Gasteiger partial charge is 0.359 e. The van der Waals surface area contributed by atoms with Gasteiger partial charge in [-0.15, -0.1) is 0 Å². The van der Waals surface area contributed by atoms with E-state index in [2.05, 4.69) is 58.3 Å². The first-order valence-corrected chi connectivity index (χ1v) is 38.1. The summed E-state index contributed by atoms with van der Waals surface area (Å²) in [4.78, 5) is 10.9. The lowest BCUT2D eigenvalue weighted by Gasteiger charge is -2.47. The normalized spacial score (nSPS) is 19.5. The third-order valence-electron chi connectivity index (χ3n) is 10.7. The lowest BCUT2D eigenvalue weighted by Crippen LogP contribution is -2.65. The molecule has 0 aliphatic heterocycles. The summed E-state index contributed by atoms with van der Waals surface area (Å²) < 4.78 is 58.7. The second-order valence-electron chi connectivity index (χ2n) is 18.0. The number of hydrogen-bond acceptors (Lipinski definition) is 18. The van der Waals surface area contributed by atoms with Crippen molar-refractivity contribution >= 4 is 58.2 Å². The molecule has 0 aliphatic carbocycles. The quantitative estimate of drug-likeness (QED) is 0.0285. The Balaban J connectivity index is 3.71. The maximum atomic E-state index is 10.9. The molecule has 13 atom stereocenters. The van der Waals surface area contributed by atoms with Gasteiger partial charge in [-0.05, 0) is 89.7 Å². The van der Waals surface area contributed by atoms with Crippen molar-refractivity contribution in [2.24, 2.45) is 0 Å². The van der Waals surface area contributed by atoms with Crippen LogP contribution in [-0.2, 0) is 40.8 Å². The standard InChI is InChI=1S/C41H88O18Si6/c1-10-19-41(20-24-54-32-36(49)28-45,58-65(9,59-64(6,7)8)37-14-12-11-13-15-37)63(5)57-40(18-23-53-31-35(48)27-44)62(4)56-39(17-22-52-30-34(47)26-43)61(3)55-38(60(2)50)16-21-51-29-33(46)25-42/h11-15,33-36,38-40,42-50,60-63H,10,16-32H2,1-9H3. The first kappa shape index (κ1) is 62.8. The molecule has 1 aromatic carbocycles. The lowest BCUT2D eigenvalue weighted by molar-refractivity contribution is -0.0151. The van der Waals surface area contributed by atoms with Crippen molar-refractivity contribution in [3.8, 4) is 0 Å². The predicted molar refractivity (Wildman–Crippen MR) is 264 cm³/mol. The molecule has 384 valence electrons. The summed E-state index contributed by atoms with van der Waals surface area (Å²) in [6.07, 6.45) is -1.07. The van der Waals surface area contributed by atoms with Crippen LogP contribution in [0.1, 0.15) is 45.4 Å². The van der Waals surface area contributed by atoms with Crippen LogP contribution in [0.5, 0.6) is 0 Å². The topological polar surface area (TPSA) is 265 Å². The van der Waals surface area contributed by atoms with Gasteiger partial charge in [-0.3, -0.25) is 0 Å². The molecule has 0 saturated heterocycles. The van der Waals surface area contributed by atoms with Gasteiger partial charge in [0.15, 0.2) is 17.4 Å². The van der Waals surface area contributed by atoms with Gasteiger partial charge in [-0.25, -0.2) is 0 Å². The molecule has 0 radical (unpaired) electrons. The fourth-order valence-corrected chi connectivity index (χ4v) is 26.4. The molecule has 0 spiro atoms. The van der Waals surface area contributed by atoms with E-state index in [9.17, 15) is 40.5 Å². The number of aliphatic hydroxyl groups is 8. The molecule has 1 aromatic rings. The van der Waals surface area contributed by atoms with Crippen molar-refractivity contribution in [3.05, 3.63) is 30.3 Å². The van der Waals surface area contributed by atoms with Crippen molar-refractivity contribution in [1.29, 1.82) is 0 Å². The van der Waals surface area contributed by atoms with Crippen LogP contribution in [0.2, 0.25) is 52.4 Å². The van der Waals surface area contributed by atoms with E-state index in [1.807, 2.05) is 24.7 Å². The van der Waals surface area contributed by atoms with Crippen LogP contribution in [0.25, 0.3) is 0 Å². The van der Waals surface area contributed by atoms with E-state index < -0.39 is 126 Å². The summed E-state index contributed by atoms with van der Waals surface area (Å²) in [5, 5.41) is 77.4. The van der Waals surface area contributed by atoms with Crippen LogP contribution in [-0.4, -0.2) is 225 Å². The number of benzene rings is 1. The van der Waals surface area contributed by atoms with Crippen molar-refractivity contribution in [2.75, 3.05) is 79.3 Å². The van der Waals surface area contributed by atoms with E-state index >= 15 is 0 Å². The summed E-state index contributed by atoms with van der Waals surface area (Å²) in [5.74, 6) is 0. The highest BCUT2D eigenvalue weighted by Crippen LogP contribution is 2.34. The zero-order valence-corrected chi connectivity index (χ0v) is 47.3. The van der Waals surface area contributed by atoms with Gasteiger partial charge >= 0.3 is 8.56 Å². The van der Waals surface area contributed by atoms with E-state index in [1.165, 1.54) is 0 Å². The molecule has 0 aliphatic rings. The highest BCUT2D eigenvalue weighted by molar-refractivity contribution is 6.89. The largest absolute Gasteiger partial charge is 0.433 e. The molecule has 65 heavy (non-hydrogen) atoms.